The van der Waals surface area contributed by atoms with E-state index in [0.29, 0.717) is 6.04 Å². The van der Waals surface area contributed by atoms with E-state index in [4.69, 9.17) is 0 Å². The molecule has 0 aliphatic carbocycles. The molecule has 2 fully saturated rings. The monoisotopic (exact) mass is 306 g/mol. The van der Waals surface area contributed by atoms with Gasteiger partial charge >= 0.3 is 0 Å². The van der Waals surface area contributed by atoms with Crippen molar-refractivity contribution >= 4 is 5.91 Å². The van der Waals surface area contributed by atoms with Crippen molar-refractivity contribution in [3.8, 4) is 0 Å². The summed E-state index contributed by atoms with van der Waals surface area (Å²) in [7, 11) is 0. The molecule has 2 aromatic carbocycles. The minimum atomic E-state index is 0.0803. The van der Waals surface area contributed by atoms with Gasteiger partial charge in [0, 0.05) is 24.7 Å². The third kappa shape index (κ3) is 2.55. The van der Waals surface area contributed by atoms with Crippen LogP contribution < -0.4 is 0 Å². The van der Waals surface area contributed by atoms with Gasteiger partial charge in [0.25, 0.3) is 5.91 Å². The Morgan fingerprint density at radius 1 is 1.09 bits per heavy atom. The highest BCUT2D eigenvalue weighted by molar-refractivity contribution is 5.95. The molecule has 2 aliphatic heterocycles. The number of fused-ring (bicyclic) bond motifs is 1. The van der Waals surface area contributed by atoms with Gasteiger partial charge in [-0.25, -0.2) is 0 Å². The Morgan fingerprint density at radius 3 is 2.70 bits per heavy atom. The maximum Gasteiger partial charge on any atom is 0.255 e. The Labute approximate surface area is 137 Å². The summed E-state index contributed by atoms with van der Waals surface area (Å²) in [6.07, 6.45) is 2.51. The summed E-state index contributed by atoms with van der Waals surface area (Å²) in [6, 6.07) is 18.9. The summed E-state index contributed by atoms with van der Waals surface area (Å²) in [5, 5.41) is 0. The van der Waals surface area contributed by atoms with E-state index in [1.54, 1.807) is 0 Å². The van der Waals surface area contributed by atoms with Crippen molar-refractivity contribution < 1.29 is 4.79 Å². The number of hydrogen-bond donors (Lipinski definition) is 0. The first-order valence-corrected chi connectivity index (χ1v) is 8.42. The van der Waals surface area contributed by atoms with Crippen molar-refractivity contribution in [2.24, 2.45) is 0 Å². The van der Waals surface area contributed by atoms with Crippen molar-refractivity contribution in [2.45, 2.75) is 32.0 Å². The van der Waals surface area contributed by atoms with E-state index in [0.717, 1.165) is 24.2 Å². The SMILES string of the molecule is Cc1cccc(C(=O)N2CC3CCCN3C2c2ccccc2)c1. The average Bonchev–Trinajstić information content (AvgIpc) is 3.15. The van der Waals surface area contributed by atoms with Crippen LogP contribution in [-0.2, 0) is 0 Å². The molecule has 0 spiro atoms. The molecule has 2 aromatic rings. The second-order valence-corrected chi connectivity index (χ2v) is 6.65. The van der Waals surface area contributed by atoms with E-state index in [-0.39, 0.29) is 12.1 Å². The van der Waals surface area contributed by atoms with E-state index in [2.05, 4.69) is 34.1 Å². The molecule has 0 radical (unpaired) electrons. The van der Waals surface area contributed by atoms with Gasteiger partial charge in [0.05, 0.1) is 0 Å². The highest BCUT2D eigenvalue weighted by Crippen LogP contribution is 2.39. The number of aryl methyl sites for hydroxylation is 1. The fraction of sp³-hybridized carbons (Fsp3) is 0.350. The van der Waals surface area contributed by atoms with Gasteiger partial charge < -0.3 is 4.90 Å². The Balaban J connectivity index is 1.70. The minimum Gasteiger partial charge on any atom is -0.317 e. The number of hydrogen-bond acceptors (Lipinski definition) is 2. The molecule has 0 bridgehead atoms. The zero-order chi connectivity index (χ0) is 15.8. The number of carbonyl (C=O) groups is 1. The molecule has 2 saturated heterocycles. The van der Waals surface area contributed by atoms with Crippen LogP contribution in [-0.4, -0.2) is 34.8 Å². The number of amides is 1. The summed E-state index contributed by atoms with van der Waals surface area (Å²) >= 11 is 0. The van der Waals surface area contributed by atoms with Crippen LogP contribution in [0.15, 0.2) is 54.6 Å². The lowest BCUT2D eigenvalue weighted by atomic mass is 10.1. The summed E-state index contributed by atoms with van der Waals surface area (Å²) in [5.74, 6) is 0.150. The summed E-state index contributed by atoms with van der Waals surface area (Å²) in [4.78, 5) is 17.7. The van der Waals surface area contributed by atoms with Crippen LogP contribution in [0.3, 0.4) is 0 Å². The summed E-state index contributed by atoms with van der Waals surface area (Å²) in [6.45, 7) is 3.96. The summed E-state index contributed by atoms with van der Waals surface area (Å²) < 4.78 is 0. The normalized spacial score (nSPS) is 24.0. The Kier molecular flexibility index (Phi) is 3.66. The van der Waals surface area contributed by atoms with Crippen LogP contribution in [0.5, 0.6) is 0 Å². The first-order valence-electron chi connectivity index (χ1n) is 8.42. The van der Waals surface area contributed by atoms with Gasteiger partial charge in [-0.1, -0.05) is 48.0 Å². The lowest BCUT2D eigenvalue weighted by molar-refractivity contribution is 0.0639. The molecular weight excluding hydrogens is 284 g/mol. The van der Waals surface area contributed by atoms with Gasteiger partial charge in [-0.2, -0.15) is 0 Å². The van der Waals surface area contributed by atoms with Crippen LogP contribution in [0.2, 0.25) is 0 Å². The van der Waals surface area contributed by atoms with E-state index >= 15 is 0 Å². The quantitative estimate of drug-likeness (QED) is 0.846. The van der Waals surface area contributed by atoms with Crippen LogP contribution in [0.1, 0.15) is 40.5 Å². The van der Waals surface area contributed by atoms with Gasteiger partial charge in [0.2, 0.25) is 0 Å². The highest BCUT2D eigenvalue weighted by Gasteiger charge is 2.44. The van der Waals surface area contributed by atoms with E-state index in [9.17, 15) is 4.79 Å². The Bertz CT molecular complexity index is 713. The van der Waals surface area contributed by atoms with Gasteiger partial charge in [-0.3, -0.25) is 9.69 Å². The van der Waals surface area contributed by atoms with Crippen molar-refractivity contribution in [1.29, 1.82) is 0 Å². The van der Waals surface area contributed by atoms with Gasteiger partial charge in [0.15, 0.2) is 0 Å². The second kappa shape index (κ2) is 5.82. The first-order chi connectivity index (χ1) is 11.2. The van der Waals surface area contributed by atoms with Crippen LogP contribution in [0.25, 0.3) is 0 Å². The molecule has 4 rings (SSSR count). The Hall–Kier alpha value is -2.13. The molecule has 0 N–H and O–H groups in total. The molecule has 0 aromatic heterocycles. The molecule has 118 valence electrons. The molecule has 3 heteroatoms. The molecule has 23 heavy (non-hydrogen) atoms. The Morgan fingerprint density at radius 2 is 1.91 bits per heavy atom. The molecule has 2 unspecified atom stereocenters. The predicted molar refractivity (Wildman–Crippen MR) is 91.1 cm³/mol. The van der Waals surface area contributed by atoms with Crippen LogP contribution in [0.4, 0.5) is 0 Å². The molecule has 0 saturated carbocycles. The number of nitrogens with zero attached hydrogens (tertiary/aromatic N) is 2. The zero-order valence-corrected chi connectivity index (χ0v) is 13.5. The fourth-order valence-corrected chi connectivity index (χ4v) is 4.02. The third-order valence-corrected chi connectivity index (χ3v) is 5.06. The zero-order valence-electron chi connectivity index (χ0n) is 13.5. The van der Waals surface area contributed by atoms with E-state index in [1.165, 1.54) is 18.4 Å². The van der Waals surface area contributed by atoms with Crippen molar-refractivity contribution in [3.63, 3.8) is 0 Å². The van der Waals surface area contributed by atoms with Crippen LogP contribution in [0, 0.1) is 6.92 Å². The first kappa shape index (κ1) is 14.5. The van der Waals surface area contributed by atoms with Gasteiger partial charge in [0.1, 0.15) is 6.17 Å². The molecular formula is C20H22N2O. The molecule has 2 heterocycles. The van der Waals surface area contributed by atoms with Gasteiger partial charge in [-0.15, -0.1) is 0 Å². The largest absolute Gasteiger partial charge is 0.317 e. The van der Waals surface area contributed by atoms with Crippen molar-refractivity contribution in [1.82, 2.24) is 9.80 Å². The molecule has 2 aliphatic rings. The number of benzene rings is 2. The maximum absolute atomic E-state index is 13.1. The number of carbonyl (C=O) groups excluding carboxylic acids is 1. The highest BCUT2D eigenvalue weighted by atomic mass is 16.2. The third-order valence-electron chi connectivity index (χ3n) is 5.06. The lowest BCUT2D eigenvalue weighted by Crippen LogP contribution is -2.35. The molecule has 3 nitrogen and oxygen atoms in total. The average molecular weight is 306 g/mol. The standard InChI is InChI=1S/C20H22N2O/c1-15-7-5-10-17(13-15)20(23)22-14-18-11-6-12-21(18)19(22)16-8-3-2-4-9-16/h2-5,7-10,13,18-19H,6,11-12,14H2,1H3. The fourth-order valence-electron chi connectivity index (χ4n) is 4.02. The van der Waals surface area contributed by atoms with Crippen molar-refractivity contribution in [2.75, 3.05) is 13.1 Å². The molecule has 1 amide bonds. The minimum absolute atomic E-state index is 0.0803. The van der Waals surface area contributed by atoms with Crippen molar-refractivity contribution in [3.05, 3.63) is 71.3 Å². The predicted octanol–water partition coefficient (Wildman–Crippen LogP) is 3.61. The topological polar surface area (TPSA) is 23.6 Å². The summed E-state index contributed by atoms with van der Waals surface area (Å²) in [5.41, 5.74) is 3.15. The lowest BCUT2D eigenvalue weighted by Gasteiger charge is -2.30. The smallest absolute Gasteiger partial charge is 0.255 e. The maximum atomic E-state index is 13.1. The van der Waals surface area contributed by atoms with Crippen LogP contribution >= 0.6 is 0 Å². The number of rotatable bonds is 2. The van der Waals surface area contributed by atoms with E-state index < -0.39 is 0 Å². The van der Waals surface area contributed by atoms with E-state index in [1.807, 2.05) is 37.3 Å². The molecule has 2 atom stereocenters. The second-order valence-electron chi connectivity index (χ2n) is 6.65. The van der Waals surface area contributed by atoms with Gasteiger partial charge in [-0.05, 0) is 37.5 Å².